The first-order valence-electron chi connectivity index (χ1n) is 18.1. The van der Waals surface area contributed by atoms with Crippen molar-refractivity contribution >= 4 is 19.8 Å². The first kappa shape index (κ1) is 45.9. The number of unbranched alkanes of at least 4 members (excludes halogenated alkanes) is 11. The number of ether oxygens (including phenoxy) is 2. The lowest BCUT2D eigenvalue weighted by molar-refractivity contribution is -0.153. The van der Waals surface area contributed by atoms with Gasteiger partial charge in [-0.1, -0.05) is 120 Å². The number of rotatable bonds is 33. The van der Waals surface area contributed by atoms with Crippen molar-refractivity contribution in [3.8, 4) is 0 Å². The topological polar surface area (TPSA) is 149 Å². The molecule has 10 nitrogen and oxygen atoms in total. The third-order valence-corrected chi connectivity index (χ3v) is 8.26. The highest BCUT2D eigenvalue weighted by Crippen LogP contribution is 2.43. The zero-order chi connectivity index (χ0) is 35.6. The maximum absolute atomic E-state index is 12.3. The maximum Gasteiger partial charge on any atom is 0.472 e. The van der Waals surface area contributed by atoms with Crippen molar-refractivity contribution in [1.82, 2.24) is 0 Å². The Morgan fingerprint density at radius 2 is 0.979 bits per heavy atom. The van der Waals surface area contributed by atoms with E-state index < -0.39 is 58.4 Å². The van der Waals surface area contributed by atoms with E-state index in [-0.39, 0.29) is 12.8 Å². The van der Waals surface area contributed by atoms with Crippen LogP contribution in [0.2, 0.25) is 0 Å². The molecule has 0 aliphatic carbocycles. The van der Waals surface area contributed by atoms with E-state index in [0.717, 1.165) is 70.6 Å². The number of allylic oxidation sites excluding steroid dienone is 8. The molecule has 0 aromatic carbocycles. The summed E-state index contributed by atoms with van der Waals surface area (Å²) in [6, 6.07) is 0. The van der Waals surface area contributed by atoms with Crippen LogP contribution in [0.3, 0.4) is 0 Å². The number of carbonyl (C=O) groups excluding carboxylic acids is 2. The Bertz CT molecular complexity index is 946. The highest BCUT2D eigenvalue weighted by Gasteiger charge is 2.27. The van der Waals surface area contributed by atoms with Gasteiger partial charge in [0.15, 0.2) is 0 Å². The predicted octanol–water partition coefficient (Wildman–Crippen LogP) is 8.60. The molecule has 0 aliphatic heterocycles. The summed E-state index contributed by atoms with van der Waals surface area (Å²) in [5.41, 5.74) is 0. The number of hydrogen-bond donors (Lipinski definition) is 3. The van der Waals surface area contributed by atoms with E-state index in [1.165, 1.54) is 25.7 Å². The minimum atomic E-state index is -4.63. The largest absolute Gasteiger partial charge is 0.472 e. The molecule has 0 saturated heterocycles. The number of aliphatic hydroxyl groups excluding tert-OH is 2. The molecule has 0 aliphatic rings. The monoisotopic (exact) mass is 700 g/mol. The molecule has 0 rings (SSSR count). The second-order valence-electron chi connectivity index (χ2n) is 11.8. The molecule has 48 heavy (non-hydrogen) atoms. The van der Waals surface area contributed by atoms with Crippen LogP contribution in [-0.2, 0) is 32.7 Å². The van der Waals surface area contributed by atoms with Crippen LogP contribution in [0.15, 0.2) is 48.6 Å². The molecule has 278 valence electrons. The molecule has 11 heteroatoms. The van der Waals surface area contributed by atoms with E-state index in [4.69, 9.17) is 18.5 Å². The summed E-state index contributed by atoms with van der Waals surface area (Å²) in [4.78, 5) is 34.2. The zero-order valence-corrected chi connectivity index (χ0v) is 30.6. The van der Waals surface area contributed by atoms with Gasteiger partial charge in [0.2, 0.25) is 0 Å². The normalized spacial score (nSPS) is 14.7. The predicted molar refractivity (Wildman–Crippen MR) is 191 cm³/mol. The van der Waals surface area contributed by atoms with Gasteiger partial charge in [-0.15, -0.1) is 0 Å². The summed E-state index contributed by atoms with van der Waals surface area (Å²) in [6.45, 7) is 1.99. The second kappa shape index (κ2) is 33.4. The average molecular weight is 701 g/mol. The van der Waals surface area contributed by atoms with Gasteiger partial charge in [-0.2, -0.15) is 0 Å². The minimum Gasteiger partial charge on any atom is -0.457 e. The van der Waals surface area contributed by atoms with Crippen LogP contribution in [0.25, 0.3) is 0 Å². The zero-order valence-electron chi connectivity index (χ0n) is 29.7. The summed E-state index contributed by atoms with van der Waals surface area (Å²) in [7, 11) is -4.63. The summed E-state index contributed by atoms with van der Waals surface area (Å²) >= 11 is 0. The smallest absolute Gasteiger partial charge is 0.457 e. The summed E-state index contributed by atoms with van der Waals surface area (Å²) in [6.07, 6.45) is 32.5. The highest BCUT2D eigenvalue weighted by molar-refractivity contribution is 7.47. The van der Waals surface area contributed by atoms with Crippen LogP contribution in [-0.4, -0.2) is 65.7 Å². The molecular weight excluding hydrogens is 635 g/mol. The van der Waals surface area contributed by atoms with E-state index in [1.807, 2.05) is 0 Å². The lowest BCUT2D eigenvalue weighted by Gasteiger charge is -2.20. The van der Waals surface area contributed by atoms with E-state index >= 15 is 0 Å². The molecule has 3 unspecified atom stereocenters. The Morgan fingerprint density at radius 1 is 0.583 bits per heavy atom. The van der Waals surface area contributed by atoms with Gasteiger partial charge in [0, 0.05) is 12.8 Å². The molecule has 0 fully saturated rings. The fourth-order valence-electron chi connectivity index (χ4n) is 4.52. The Morgan fingerprint density at radius 3 is 1.42 bits per heavy atom. The fraction of sp³-hybridized carbons (Fsp3) is 0.730. The third kappa shape index (κ3) is 31.2. The number of carbonyl (C=O) groups is 2. The van der Waals surface area contributed by atoms with Gasteiger partial charge in [-0.05, 0) is 51.4 Å². The van der Waals surface area contributed by atoms with Gasteiger partial charge in [0.25, 0.3) is 0 Å². The van der Waals surface area contributed by atoms with Crippen LogP contribution in [0, 0.1) is 0 Å². The molecule has 0 spiro atoms. The Labute approximate surface area is 290 Å². The third-order valence-electron chi connectivity index (χ3n) is 7.31. The average Bonchev–Trinajstić information content (AvgIpc) is 3.07. The standard InChI is InChI=1S/C37H65O10P/c1-3-5-7-9-11-13-14-15-16-17-18-19-20-21-23-25-27-29-37(41)47-35(31-39)33-45-48(42,43)44-32-34(30-38)46-36(40)28-26-24-22-12-10-8-6-4-2/h5,7,11,13,15-16,18-19,34-35,38-39H,3-4,6,8-10,12,14,17,20-33H2,1-2H3,(H,42,43)/b7-5-,13-11-,16-15-,19-18-. The lowest BCUT2D eigenvalue weighted by Crippen LogP contribution is -2.28. The van der Waals surface area contributed by atoms with E-state index in [1.54, 1.807) is 0 Å². The first-order valence-corrected chi connectivity index (χ1v) is 19.6. The molecule has 0 radical (unpaired) electrons. The van der Waals surface area contributed by atoms with Crippen molar-refractivity contribution < 1.29 is 47.8 Å². The van der Waals surface area contributed by atoms with Crippen molar-refractivity contribution in [1.29, 1.82) is 0 Å². The molecule has 0 saturated carbocycles. The van der Waals surface area contributed by atoms with Crippen LogP contribution < -0.4 is 0 Å². The summed E-state index contributed by atoms with van der Waals surface area (Å²) in [5, 5.41) is 19.0. The Hall–Kier alpha value is -2.07. The van der Waals surface area contributed by atoms with Crippen molar-refractivity contribution in [2.75, 3.05) is 26.4 Å². The highest BCUT2D eigenvalue weighted by atomic mass is 31.2. The van der Waals surface area contributed by atoms with Crippen molar-refractivity contribution in [3.63, 3.8) is 0 Å². The van der Waals surface area contributed by atoms with Crippen LogP contribution in [0.4, 0.5) is 0 Å². The molecule has 0 heterocycles. The van der Waals surface area contributed by atoms with Crippen LogP contribution in [0.1, 0.15) is 136 Å². The van der Waals surface area contributed by atoms with Gasteiger partial charge in [0.05, 0.1) is 26.4 Å². The first-order chi connectivity index (χ1) is 23.3. The molecule has 0 bridgehead atoms. The van der Waals surface area contributed by atoms with E-state index in [0.29, 0.717) is 12.8 Å². The molecule has 3 atom stereocenters. The molecule has 3 N–H and O–H groups in total. The van der Waals surface area contributed by atoms with Crippen molar-refractivity contribution in [2.24, 2.45) is 0 Å². The summed E-state index contributed by atoms with van der Waals surface area (Å²) < 4.78 is 32.3. The van der Waals surface area contributed by atoms with Gasteiger partial charge in [0.1, 0.15) is 12.2 Å². The fourth-order valence-corrected chi connectivity index (χ4v) is 5.30. The van der Waals surface area contributed by atoms with Crippen molar-refractivity contribution in [2.45, 2.75) is 148 Å². The van der Waals surface area contributed by atoms with Crippen LogP contribution in [0.5, 0.6) is 0 Å². The number of phosphoric acid groups is 1. The van der Waals surface area contributed by atoms with E-state index in [9.17, 15) is 29.3 Å². The molecule has 0 aromatic rings. The lowest BCUT2D eigenvalue weighted by atomic mass is 10.1. The molecule has 0 aromatic heterocycles. The second-order valence-corrected chi connectivity index (χ2v) is 13.3. The van der Waals surface area contributed by atoms with Gasteiger partial charge < -0.3 is 24.6 Å². The molecule has 0 amide bonds. The molecular formula is C37H65O10P. The van der Waals surface area contributed by atoms with Gasteiger partial charge in [-0.25, -0.2) is 4.57 Å². The van der Waals surface area contributed by atoms with Crippen molar-refractivity contribution in [3.05, 3.63) is 48.6 Å². The van der Waals surface area contributed by atoms with Gasteiger partial charge >= 0.3 is 19.8 Å². The minimum absolute atomic E-state index is 0.163. The Kier molecular flexibility index (Phi) is 32.0. The summed E-state index contributed by atoms with van der Waals surface area (Å²) in [5.74, 6) is -1.05. The van der Waals surface area contributed by atoms with Crippen LogP contribution >= 0.6 is 7.82 Å². The number of aliphatic hydroxyl groups is 2. The number of esters is 2. The quantitative estimate of drug-likeness (QED) is 0.0263. The van der Waals surface area contributed by atoms with E-state index in [2.05, 4.69) is 62.5 Å². The maximum atomic E-state index is 12.3. The number of phosphoric ester groups is 1. The number of hydrogen-bond acceptors (Lipinski definition) is 9. The SMILES string of the molecule is CC/C=C\C/C=C\C/C=C\C/C=C\CCCCCCC(=O)OC(CO)COP(=O)(O)OCC(CO)OC(=O)CCCCCCCCCC. The van der Waals surface area contributed by atoms with Gasteiger partial charge in [-0.3, -0.25) is 18.6 Å². The Balaban J connectivity index is 4.04.